The van der Waals surface area contributed by atoms with Gasteiger partial charge in [-0.1, -0.05) is 0 Å². The summed E-state index contributed by atoms with van der Waals surface area (Å²) >= 11 is 0. The lowest BCUT2D eigenvalue weighted by Gasteiger charge is -1.76. The van der Waals surface area contributed by atoms with E-state index in [4.69, 9.17) is 5.11 Å². The molecule has 0 aromatic rings. The maximum Gasteiger partial charge on any atom is 0.328 e. The van der Waals surface area contributed by atoms with Crippen LogP contribution in [0.15, 0.2) is 11.5 Å². The quantitative estimate of drug-likeness (QED) is 0.539. The van der Waals surface area contributed by atoms with E-state index in [-0.39, 0.29) is 0 Å². The number of hydrogen-bond acceptors (Lipinski definition) is 2. The first-order valence-corrected chi connectivity index (χ1v) is 3.48. The van der Waals surface area contributed by atoms with Crippen molar-refractivity contribution < 1.29 is 14.1 Å². The summed E-state index contributed by atoms with van der Waals surface area (Å²) in [6.45, 7) is 0. The molecular formula is C4H6O3S. The number of carbonyl (C=O) groups is 1. The second-order valence-corrected chi connectivity index (χ2v) is 2.41. The summed E-state index contributed by atoms with van der Waals surface area (Å²) in [5, 5.41) is 9.05. The van der Waals surface area contributed by atoms with Gasteiger partial charge in [0.1, 0.15) is 0 Å². The van der Waals surface area contributed by atoms with Crippen molar-refractivity contribution >= 4 is 16.8 Å². The highest BCUT2D eigenvalue weighted by Gasteiger charge is 1.84. The Labute approximate surface area is 49.5 Å². The van der Waals surface area contributed by atoms with Crippen molar-refractivity contribution in [3.63, 3.8) is 0 Å². The summed E-state index contributed by atoms with van der Waals surface area (Å²) in [5.41, 5.74) is 0. The van der Waals surface area contributed by atoms with Gasteiger partial charge in [-0.3, -0.25) is 4.21 Å². The molecule has 1 atom stereocenters. The van der Waals surface area contributed by atoms with E-state index in [1.807, 2.05) is 0 Å². The molecule has 0 aromatic carbocycles. The Morgan fingerprint density at radius 1 is 1.75 bits per heavy atom. The maximum absolute atomic E-state index is 10.1. The molecule has 4 heteroatoms. The fourth-order valence-corrected chi connectivity index (χ4v) is 0.462. The molecule has 0 bridgehead atoms. The summed E-state index contributed by atoms with van der Waals surface area (Å²) in [7, 11) is -1.15. The molecular weight excluding hydrogens is 128 g/mol. The molecule has 0 heterocycles. The Morgan fingerprint density at radius 2 is 2.25 bits per heavy atom. The van der Waals surface area contributed by atoms with Gasteiger partial charge in [-0.05, 0) is 0 Å². The minimum absolute atomic E-state index is 0.857. The lowest BCUT2D eigenvalue weighted by molar-refractivity contribution is -0.131. The SMILES string of the molecule is CS(=O)C=CC(=O)O. The van der Waals surface area contributed by atoms with E-state index in [0.717, 1.165) is 11.5 Å². The van der Waals surface area contributed by atoms with Crippen LogP contribution in [0.1, 0.15) is 0 Å². The lowest BCUT2D eigenvalue weighted by atomic mass is 10.7. The number of hydrogen-bond donors (Lipinski definition) is 1. The zero-order valence-corrected chi connectivity index (χ0v) is 5.14. The first-order chi connectivity index (χ1) is 3.63. The maximum atomic E-state index is 10.1. The van der Waals surface area contributed by atoms with Gasteiger partial charge in [-0.25, -0.2) is 4.79 Å². The van der Waals surface area contributed by atoms with Gasteiger partial charge >= 0.3 is 5.97 Å². The van der Waals surface area contributed by atoms with Crippen LogP contribution >= 0.6 is 0 Å². The summed E-state index contributed by atoms with van der Waals surface area (Å²) in [6, 6.07) is 0. The molecule has 1 N–H and O–H groups in total. The lowest BCUT2D eigenvalue weighted by Crippen LogP contribution is -1.87. The van der Waals surface area contributed by atoms with Gasteiger partial charge in [0.05, 0.1) is 0 Å². The van der Waals surface area contributed by atoms with Gasteiger partial charge in [-0.2, -0.15) is 0 Å². The number of aliphatic carboxylic acids is 1. The van der Waals surface area contributed by atoms with Crippen molar-refractivity contribution in [2.45, 2.75) is 0 Å². The van der Waals surface area contributed by atoms with Crippen LogP contribution in [0.25, 0.3) is 0 Å². The highest BCUT2D eigenvalue weighted by atomic mass is 32.2. The molecule has 0 rings (SSSR count). The van der Waals surface area contributed by atoms with Crippen molar-refractivity contribution in [2.24, 2.45) is 0 Å². The zero-order valence-electron chi connectivity index (χ0n) is 4.33. The Balaban J connectivity index is 3.67. The van der Waals surface area contributed by atoms with Crippen molar-refractivity contribution in [1.82, 2.24) is 0 Å². The van der Waals surface area contributed by atoms with Crippen LogP contribution in [0.3, 0.4) is 0 Å². The third-order valence-electron chi connectivity index (χ3n) is 0.402. The third kappa shape index (κ3) is 5.36. The van der Waals surface area contributed by atoms with Crippen molar-refractivity contribution in [3.05, 3.63) is 11.5 Å². The minimum Gasteiger partial charge on any atom is -0.478 e. The van der Waals surface area contributed by atoms with Gasteiger partial charge in [-0.15, -0.1) is 0 Å². The molecule has 0 aliphatic heterocycles. The van der Waals surface area contributed by atoms with Crippen LogP contribution in [0.2, 0.25) is 0 Å². The van der Waals surface area contributed by atoms with Crippen molar-refractivity contribution in [2.75, 3.05) is 6.26 Å². The summed E-state index contributed by atoms with van der Waals surface area (Å²) in [6.07, 6.45) is 2.26. The van der Waals surface area contributed by atoms with Crippen LogP contribution in [-0.4, -0.2) is 21.5 Å². The van der Waals surface area contributed by atoms with Crippen LogP contribution in [-0.2, 0) is 15.6 Å². The van der Waals surface area contributed by atoms with Crippen molar-refractivity contribution in [1.29, 1.82) is 0 Å². The molecule has 0 aromatic heterocycles. The summed E-state index contributed by atoms with van der Waals surface area (Å²) in [5.74, 6) is -1.07. The van der Waals surface area contributed by atoms with Crippen LogP contribution in [0.5, 0.6) is 0 Å². The second kappa shape index (κ2) is 3.37. The van der Waals surface area contributed by atoms with Gasteiger partial charge in [0.15, 0.2) is 0 Å². The molecule has 1 unspecified atom stereocenters. The minimum atomic E-state index is -1.15. The van der Waals surface area contributed by atoms with E-state index >= 15 is 0 Å². The topological polar surface area (TPSA) is 54.4 Å². The highest BCUT2D eigenvalue weighted by molar-refractivity contribution is 7.87. The Hall–Kier alpha value is -0.640. The standard InChI is InChI=1S/C4H6O3S/c1-8(7)3-2-4(5)6/h2-3H,1H3,(H,5,6). The Kier molecular flexibility index (Phi) is 3.10. The smallest absolute Gasteiger partial charge is 0.328 e. The fraction of sp³-hybridized carbons (Fsp3) is 0.250. The normalized spacial score (nSPS) is 14.1. The van der Waals surface area contributed by atoms with E-state index in [0.29, 0.717) is 0 Å². The average Bonchev–Trinajstić information content (AvgIpc) is 1.61. The number of carboxylic acids is 1. The first kappa shape index (κ1) is 7.36. The zero-order chi connectivity index (χ0) is 6.57. The van der Waals surface area contributed by atoms with E-state index in [1.165, 1.54) is 6.26 Å². The second-order valence-electron chi connectivity index (χ2n) is 1.14. The fourth-order valence-electron chi connectivity index (χ4n) is 0.154. The molecule has 0 aliphatic carbocycles. The highest BCUT2D eigenvalue weighted by Crippen LogP contribution is 1.76. The average molecular weight is 134 g/mol. The Bertz CT molecular complexity index is 122. The number of carboxylic acid groups (broad SMARTS) is 1. The van der Waals surface area contributed by atoms with Gasteiger partial charge in [0.2, 0.25) is 0 Å². The monoisotopic (exact) mass is 134 g/mol. The summed E-state index contributed by atoms with van der Waals surface area (Å²) < 4.78 is 10.1. The molecule has 0 spiro atoms. The molecule has 0 amide bonds. The molecule has 0 saturated heterocycles. The number of rotatable bonds is 2. The van der Waals surface area contributed by atoms with Crippen LogP contribution < -0.4 is 0 Å². The third-order valence-corrected chi connectivity index (χ3v) is 0.922. The molecule has 46 valence electrons. The predicted octanol–water partition coefficient (Wildman–Crippen LogP) is -0.0368. The van der Waals surface area contributed by atoms with E-state index in [2.05, 4.69) is 0 Å². The predicted molar refractivity (Wildman–Crippen MR) is 30.8 cm³/mol. The van der Waals surface area contributed by atoms with Gasteiger partial charge in [0, 0.05) is 28.5 Å². The molecule has 8 heavy (non-hydrogen) atoms. The van der Waals surface area contributed by atoms with E-state index in [1.54, 1.807) is 0 Å². The van der Waals surface area contributed by atoms with E-state index in [9.17, 15) is 9.00 Å². The molecule has 0 saturated carbocycles. The molecule has 3 nitrogen and oxygen atoms in total. The van der Waals surface area contributed by atoms with Crippen molar-refractivity contribution in [3.8, 4) is 0 Å². The van der Waals surface area contributed by atoms with Crippen LogP contribution in [0.4, 0.5) is 0 Å². The van der Waals surface area contributed by atoms with Crippen LogP contribution in [0, 0.1) is 0 Å². The summed E-state index contributed by atoms with van der Waals surface area (Å²) in [4.78, 5) is 9.68. The first-order valence-electron chi connectivity index (χ1n) is 1.86. The largest absolute Gasteiger partial charge is 0.478 e. The van der Waals surface area contributed by atoms with Gasteiger partial charge < -0.3 is 5.11 Å². The molecule has 0 radical (unpaired) electrons. The van der Waals surface area contributed by atoms with Gasteiger partial charge in [0.25, 0.3) is 0 Å². The molecule has 0 aliphatic rings. The van der Waals surface area contributed by atoms with E-state index < -0.39 is 16.8 Å². The molecule has 0 fully saturated rings. The Morgan fingerprint density at radius 3 is 2.38 bits per heavy atom.